The van der Waals surface area contributed by atoms with Crippen molar-refractivity contribution in [3.63, 3.8) is 0 Å². The number of hydrogen-bond acceptors (Lipinski definition) is 6. The molecule has 4 rings (SSSR count). The summed E-state index contributed by atoms with van der Waals surface area (Å²) in [7, 11) is 0. The molecule has 2 atom stereocenters. The standard InChI is InChI=1S/C21H16ClN3.C8H8ClN3/c22-20-14-16(11-12-24-20)13-19(15-23)25-21(17-7-3-1-4-8-17)18-9-5-2-6-10-18;9-8-4-6(1-2-12-8)3-7(11)5-10/h1-12,14,19H,13H2;1-2,4,7H,3,11H2. The Labute approximate surface area is 226 Å². The van der Waals surface area contributed by atoms with Gasteiger partial charge in [0.25, 0.3) is 0 Å². The van der Waals surface area contributed by atoms with Crippen molar-refractivity contribution in [2.45, 2.75) is 24.9 Å². The zero-order chi connectivity index (χ0) is 26.5. The summed E-state index contributed by atoms with van der Waals surface area (Å²) in [4.78, 5) is 12.5. The molecule has 0 radical (unpaired) electrons. The van der Waals surface area contributed by atoms with Gasteiger partial charge >= 0.3 is 0 Å². The van der Waals surface area contributed by atoms with Crippen molar-refractivity contribution in [3.05, 3.63) is 130 Å². The normalized spacial score (nSPS) is 11.6. The highest BCUT2D eigenvalue weighted by Gasteiger charge is 2.13. The second kappa shape index (κ2) is 14.5. The molecule has 6 nitrogen and oxygen atoms in total. The molecule has 4 aromatic rings. The molecular formula is C29H24Cl2N6. The van der Waals surface area contributed by atoms with Gasteiger partial charge in [-0.15, -0.1) is 0 Å². The van der Waals surface area contributed by atoms with E-state index < -0.39 is 12.1 Å². The summed E-state index contributed by atoms with van der Waals surface area (Å²) in [6.45, 7) is 0. The Kier molecular flexibility index (Phi) is 10.8. The topological polar surface area (TPSA) is 112 Å². The first kappa shape index (κ1) is 27.5. The Morgan fingerprint density at radius 3 is 1.68 bits per heavy atom. The molecule has 2 unspecified atom stereocenters. The summed E-state index contributed by atoms with van der Waals surface area (Å²) in [5.74, 6) is 0. The third kappa shape index (κ3) is 9.14. The second-order valence-corrected chi connectivity index (χ2v) is 8.75. The molecule has 0 amide bonds. The number of nitrogens with zero attached hydrogens (tertiary/aromatic N) is 5. The fourth-order valence-electron chi connectivity index (χ4n) is 3.45. The van der Waals surface area contributed by atoms with Gasteiger partial charge in [-0.3, -0.25) is 4.99 Å². The van der Waals surface area contributed by atoms with Gasteiger partial charge in [-0.25, -0.2) is 9.97 Å². The van der Waals surface area contributed by atoms with E-state index in [-0.39, 0.29) is 0 Å². The molecule has 0 fully saturated rings. The number of nitriles is 2. The molecule has 0 spiro atoms. The lowest BCUT2D eigenvalue weighted by Gasteiger charge is -2.11. The number of rotatable bonds is 7. The first-order valence-electron chi connectivity index (χ1n) is 11.4. The minimum absolute atomic E-state index is 0.421. The summed E-state index contributed by atoms with van der Waals surface area (Å²) < 4.78 is 0. The maximum atomic E-state index is 9.59. The van der Waals surface area contributed by atoms with Crippen LogP contribution in [0.2, 0.25) is 10.3 Å². The van der Waals surface area contributed by atoms with Crippen LogP contribution in [0, 0.1) is 22.7 Å². The summed E-state index contributed by atoms with van der Waals surface area (Å²) in [6.07, 6.45) is 4.24. The zero-order valence-electron chi connectivity index (χ0n) is 19.9. The average Bonchev–Trinajstić information content (AvgIpc) is 2.92. The Balaban J connectivity index is 0.000000266. The number of hydrogen-bond donors (Lipinski definition) is 1. The monoisotopic (exact) mass is 526 g/mol. The molecule has 2 heterocycles. The summed E-state index contributed by atoms with van der Waals surface area (Å²) in [5.41, 5.74) is 10.1. The predicted octanol–water partition coefficient (Wildman–Crippen LogP) is 5.84. The van der Waals surface area contributed by atoms with Crippen LogP contribution in [-0.2, 0) is 12.8 Å². The first-order chi connectivity index (χ1) is 18.0. The van der Waals surface area contributed by atoms with Crippen LogP contribution in [0.3, 0.4) is 0 Å². The maximum Gasteiger partial charge on any atom is 0.141 e. The average molecular weight is 527 g/mol. The van der Waals surface area contributed by atoms with Crippen molar-refractivity contribution in [2.24, 2.45) is 10.7 Å². The Morgan fingerprint density at radius 2 is 1.24 bits per heavy atom. The third-order valence-electron chi connectivity index (χ3n) is 5.16. The molecular weight excluding hydrogens is 503 g/mol. The van der Waals surface area contributed by atoms with E-state index in [4.69, 9.17) is 39.2 Å². The smallest absolute Gasteiger partial charge is 0.141 e. The van der Waals surface area contributed by atoms with Gasteiger partial charge in [-0.2, -0.15) is 10.5 Å². The van der Waals surface area contributed by atoms with Gasteiger partial charge in [-0.05, 0) is 35.4 Å². The Morgan fingerprint density at radius 1 is 0.757 bits per heavy atom. The summed E-state index contributed by atoms with van der Waals surface area (Å²) in [6, 6.07) is 30.2. The number of benzene rings is 2. The highest BCUT2D eigenvalue weighted by Crippen LogP contribution is 2.15. The van der Waals surface area contributed by atoms with E-state index in [0.717, 1.165) is 28.0 Å². The van der Waals surface area contributed by atoms with Crippen LogP contribution in [0.25, 0.3) is 0 Å². The van der Waals surface area contributed by atoms with Gasteiger partial charge in [0.15, 0.2) is 0 Å². The number of aliphatic imine (C=N–C) groups is 1. The molecule has 0 bridgehead atoms. The van der Waals surface area contributed by atoms with Crippen LogP contribution < -0.4 is 5.73 Å². The van der Waals surface area contributed by atoms with Gasteiger partial charge in [-0.1, -0.05) is 83.9 Å². The Bertz CT molecular complexity index is 1350. The van der Waals surface area contributed by atoms with Crippen molar-refractivity contribution in [2.75, 3.05) is 0 Å². The van der Waals surface area contributed by atoms with Crippen molar-refractivity contribution >= 4 is 28.9 Å². The van der Waals surface area contributed by atoms with Crippen LogP contribution in [0.5, 0.6) is 0 Å². The van der Waals surface area contributed by atoms with Gasteiger partial charge in [0.2, 0.25) is 0 Å². The molecule has 2 aromatic carbocycles. The van der Waals surface area contributed by atoms with Crippen LogP contribution >= 0.6 is 23.2 Å². The van der Waals surface area contributed by atoms with E-state index in [1.165, 1.54) is 0 Å². The van der Waals surface area contributed by atoms with Crippen LogP contribution in [0.1, 0.15) is 22.3 Å². The molecule has 0 aliphatic heterocycles. The summed E-state index contributed by atoms with van der Waals surface area (Å²) >= 11 is 11.6. The lowest BCUT2D eigenvalue weighted by Crippen LogP contribution is -2.19. The SMILES string of the molecule is N#CC(Cc1ccnc(Cl)c1)N=C(c1ccccc1)c1ccccc1.N#CC(N)Cc1ccnc(Cl)c1. The van der Waals surface area contributed by atoms with Crippen LogP contribution in [0.15, 0.2) is 102 Å². The van der Waals surface area contributed by atoms with E-state index in [1.807, 2.05) is 72.8 Å². The highest BCUT2D eigenvalue weighted by molar-refractivity contribution is 6.29. The molecule has 37 heavy (non-hydrogen) atoms. The lowest BCUT2D eigenvalue weighted by molar-refractivity contribution is 0.821. The molecule has 2 aromatic heterocycles. The van der Waals surface area contributed by atoms with Gasteiger partial charge in [0.05, 0.1) is 23.9 Å². The molecule has 0 saturated carbocycles. The minimum Gasteiger partial charge on any atom is -0.316 e. The molecule has 184 valence electrons. The van der Waals surface area contributed by atoms with E-state index in [2.05, 4.69) is 16.0 Å². The van der Waals surface area contributed by atoms with E-state index in [9.17, 15) is 5.26 Å². The van der Waals surface area contributed by atoms with E-state index >= 15 is 0 Å². The van der Waals surface area contributed by atoms with Gasteiger partial charge in [0, 0.05) is 36.4 Å². The van der Waals surface area contributed by atoms with Crippen molar-refractivity contribution in [1.29, 1.82) is 10.5 Å². The predicted molar refractivity (Wildman–Crippen MR) is 147 cm³/mol. The van der Waals surface area contributed by atoms with E-state index in [1.54, 1.807) is 30.6 Å². The second-order valence-electron chi connectivity index (χ2n) is 7.97. The maximum absolute atomic E-state index is 9.59. The molecule has 8 heteroatoms. The van der Waals surface area contributed by atoms with Crippen molar-refractivity contribution < 1.29 is 0 Å². The highest BCUT2D eigenvalue weighted by atomic mass is 35.5. The van der Waals surface area contributed by atoms with Gasteiger partial charge < -0.3 is 5.73 Å². The van der Waals surface area contributed by atoms with E-state index in [0.29, 0.717) is 23.1 Å². The molecule has 0 saturated heterocycles. The number of halogens is 2. The fraction of sp³-hybridized carbons (Fsp3) is 0.138. The minimum atomic E-state index is -0.506. The van der Waals surface area contributed by atoms with Crippen LogP contribution in [0.4, 0.5) is 0 Å². The largest absolute Gasteiger partial charge is 0.316 e. The molecule has 2 N–H and O–H groups in total. The quantitative estimate of drug-likeness (QED) is 0.240. The van der Waals surface area contributed by atoms with Crippen molar-refractivity contribution in [1.82, 2.24) is 9.97 Å². The fourth-order valence-corrected chi connectivity index (χ4v) is 3.84. The molecule has 0 aliphatic carbocycles. The zero-order valence-corrected chi connectivity index (χ0v) is 21.4. The third-order valence-corrected chi connectivity index (χ3v) is 5.57. The number of nitrogens with two attached hydrogens (primary N) is 1. The van der Waals surface area contributed by atoms with Gasteiger partial charge in [0.1, 0.15) is 16.3 Å². The van der Waals surface area contributed by atoms with Crippen molar-refractivity contribution in [3.8, 4) is 12.1 Å². The number of aromatic nitrogens is 2. The Hall–Kier alpha value is -4.07. The summed E-state index contributed by atoms with van der Waals surface area (Å²) in [5, 5.41) is 18.9. The van der Waals surface area contributed by atoms with Crippen LogP contribution in [-0.4, -0.2) is 27.8 Å². The number of pyridine rings is 2. The first-order valence-corrected chi connectivity index (χ1v) is 12.2. The lowest BCUT2D eigenvalue weighted by atomic mass is 10.0. The molecule has 0 aliphatic rings.